The molecule has 2 aromatic heterocycles. The van der Waals surface area contributed by atoms with Crippen molar-refractivity contribution < 1.29 is 4.79 Å². The van der Waals surface area contributed by atoms with Crippen molar-refractivity contribution in [3.63, 3.8) is 0 Å². The number of amides is 1. The van der Waals surface area contributed by atoms with Gasteiger partial charge >= 0.3 is 0 Å². The number of imidazole rings is 1. The number of benzene rings is 1. The van der Waals surface area contributed by atoms with Crippen LogP contribution in [0.2, 0.25) is 0 Å². The zero-order valence-electron chi connectivity index (χ0n) is 14.5. The predicted molar refractivity (Wildman–Crippen MR) is 98.4 cm³/mol. The first-order valence-electron chi connectivity index (χ1n) is 8.94. The van der Waals surface area contributed by atoms with Gasteiger partial charge in [0.1, 0.15) is 12.0 Å². The Morgan fingerprint density at radius 2 is 2.08 bits per heavy atom. The standard InChI is InChI=1S/C20H21N5O/c26-20(16-6-2-1-3-7-16)25-10-4-5-15(13-25)11-17-12-18(24-14-23-17)19-21-8-9-22-19/h1-3,6-9,12,14-15H,4-5,10-11,13H2,(H,21,22)/t15-/m1/s1. The molecule has 1 aromatic carbocycles. The highest BCUT2D eigenvalue weighted by Gasteiger charge is 2.25. The van der Waals surface area contributed by atoms with Gasteiger partial charge in [-0.3, -0.25) is 4.79 Å². The Labute approximate surface area is 152 Å². The van der Waals surface area contributed by atoms with Gasteiger partial charge in [0.15, 0.2) is 5.82 Å². The first-order valence-corrected chi connectivity index (χ1v) is 8.94. The summed E-state index contributed by atoms with van der Waals surface area (Å²) in [4.78, 5) is 30.7. The van der Waals surface area contributed by atoms with Gasteiger partial charge in [0, 0.05) is 36.7 Å². The highest BCUT2D eigenvalue weighted by molar-refractivity contribution is 5.94. The number of nitrogens with zero attached hydrogens (tertiary/aromatic N) is 4. The lowest BCUT2D eigenvalue weighted by Crippen LogP contribution is -2.40. The van der Waals surface area contributed by atoms with Crippen molar-refractivity contribution in [3.8, 4) is 11.5 Å². The van der Waals surface area contributed by atoms with Crippen molar-refractivity contribution in [3.05, 3.63) is 66.4 Å². The molecular formula is C20H21N5O. The maximum absolute atomic E-state index is 12.7. The van der Waals surface area contributed by atoms with Crippen molar-refractivity contribution in [1.29, 1.82) is 0 Å². The van der Waals surface area contributed by atoms with Crippen LogP contribution in [0, 0.1) is 5.92 Å². The molecule has 3 aromatic rings. The second-order valence-corrected chi connectivity index (χ2v) is 6.66. The molecule has 1 atom stereocenters. The normalized spacial score (nSPS) is 17.2. The van der Waals surface area contributed by atoms with Crippen LogP contribution in [-0.2, 0) is 6.42 Å². The average molecular weight is 347 g/mol. The van der Waals surface area contributed by atoms with E-state index in [0.29, 0.717) is 5.92 Å². The molecule has 1 aliphatic heterocycles. The Morgan fingerprint density at radius 1 is 1.19 bits per heavy atom. The molecule has 6 heteroatoms. The molecule has 1 aliphatic rings. The second kappa shape index (κ2) is 7.47. The fourth-order valence-corrected chi connectivity index (χ4v) is 3.52. The molecule has 4 rings (SSSR count). The topological polar surface area (TPSA) is 74.8 Å². The van der Waals surface area contributed by atoms with Crippen LogP contribution in [0.15, 0.2) is 55.1 Å². The monoisotopic (exact) mass is 347 g/mol. The summed E-state index contributed by atoms with van der Waals surface area (Å²) in [6, 6.07) is 11.5. The van der Waals surface area contributed by atoms with Crippen LogP contribution in [0.3, 0.4) is 0 Å². The molecule has 0 unspecified atom stereocenters. The van der Waals surface area contributed by atoms with Crippen molar-refractivity contribution in [2.75, 3.05) is 13.1 Å². The number of carbonyl (C=O) groups is 1. The third-order valence-electron chi connectivity index (χ3n) is 4.79. The summed E-state index contributed by atoms with van der Waals surface area (Å²) in [5, 5.41) is 0. The van der Waals surface area contributed by atoms with E-state index in [1.807, 2.05) is 41.3 Å². The first-order chi connectivity index (χ1) is 12.8. The molecule has 0 aliphatic carbocycles. The van der Waals surface area contributed by atoms with Crippen LogP contribution in [0.5, 0.6) is 0 Å². The van der Waals surface area contributed by atoms with Gasteiger partial charge in [-0.15, -0.1) is 0 Å². The molecule has 132 valence electrons. The summed E-state index contributed by atoms with van der Waals surface area (Å²) in [5.74, 6) is 1.28. The Bertz CT molecular complexity index is 863. The molecule has 0 spiro atoms. The molecule has 1 saturated heterocycles. The number of hydrogen-bond donors (Lipinski definition) is 1. The third kappa shape index (κ3) is 3.64. The van der Waals surface area contributed by atoms with Crippen LogP contribution in [0.25, 0.3) is 11.5 Å². The molecule has 1 N–H and O–H groups in total. The van der Waals surface area contributed by atoms with Gasteiger partial charge in [-0.1, -0.05) is 18.2 Å². The smallest absolute Gasteiger partial charge is 0.253 e. The molecule has 3 heterocycles. The number of piperidine rings is 1. The van der Waals surface area contributed by atoms with Gasteiger partial charge in [-0.2, -0.15) is 0 Å². The summed E-state index contributed by atoms with van der Waals surface area (Å²) >= 11 is 0. The minimum atomic E-state index is 0.120. The molecule has 0 radical (unpaired) electrons. The quantitative estimate of drug-likeness (QED) is 0.787. The molecule has 26 heavy (non-hydrogen) atoms. The van der Waals surface area contributed by atoms with Gasteiger partial charge in [-0.25, -0.2) is 15.0 Å². The lowest BCUT2D eigenvalue weighted by molar-refractivity contribution is 0.0673. The minimum Gasteiger partial charge on any atom is -0.343 e. The van der Waals surface area contributed by atoms with E-state index in [1.165, 1.54) is 0 Å². The largest absolute Gasteiger partial charge is 0.343 e. The lowest BCUT2D eigenvalue weighted by atomic mass is 9.92. The highest BCUT2D eigenvalue weighted by atomic mass is 16.2. The summed E-state index contributed by atoms with van der Waals surface area (Å²) in [5.41, 5.74) is 2.55. The number of nitrogens with one attached hydrogen (secondary N) is 1. The first kappa shape index (κ1) is 16.4. The Morgan fingerprint density at radius 3 is 2.88 bits per heavy atom. The number of rotatable bonds is 4. The van der Waals surface area contributed by atoms with Crippen molar-refractivity contribution >= 4 is 5.91 Å². The average Bonchev–Trinajstić information content (AvgIpc) is 3.23. The summed E-state index contributed by atoms with van der Waals surface area (Å²) in [7, 11) is 0. The number of aromatic nitrogens is 4. The summed E-state index contributed by atoms with van der Waals surface area (Å²) < 4.78 is 0. The van der Waals surface area contributed by atoms with Gasteiger partial charge in [0.25, 0.3) is 5.91 Å². The van der Waals surface area contributed by atoms with E-state index in [-0.39, 0.29) is 5.91 Å². The highest BCUT2D eigenvalue weighted by Crippen LogP contribution is 2.22. The number of H-pyrrole nitrogens is 1. The number of hydrogen-bond acceptors (Lipinski definition) is 4. The maximum atomic E-state index is 12.7. The summed E-state index contributed by atoms with van der Waals surface area (Å²) in [6.45, 7) is 1.60. The molecule has 6 nitrogen and oxygen atoms in total. The van der Waals surface area contributed by atoms with Crippen LogP contribution < -0.4 is 0 Å². The maximum Gasteiger partial charge on any atom is 0.253 e. The lowest BCUT2D eigenvalue weighted by Gasteiger charge is -2.32. The minimum absolute atomic E-state index is 0.120. The van der Waals surface area contributed by atoms with E-state index < -0.39 is 0 Å². The Balaban J connectivity index is 1.44. The molecule has 0 bridgehead atoms. The Kier molecular flexibility index (Phi) is 4.73. The predicted octanol–water partition coefficient (Wildman–Crippen LogP) is 2.96. The fraction of sp³-hybridized carbons (Fsp3) is 0.300. The van der Waals surface area contributed by atoms with Crippen molar-refractivity contribution in [1.82, 2.24) is 24.8 Å². The van der Waals surface area contributed by atoms with E-state index in [9.17, 15) is 4.79 Å². The molecule has 1 amide bonds. The van der Waals surface area contributed by atoms with Gasteiger partial charge in [0.05, 0.1) is 0 Å². The number of likely N-dealkylation sites (tertiary alicyclic amines) is 1. The number of carbonyl (C=O) groups excluding carboxylic acids is 1. The molecule has 1 fully saturated rings. The van der Waals surface area contributed by atoms with E-state index in [1.54, 1.807) is 18.7 Å². The number of aromatic amines is 1. The van der Waals surface area contributed by atoms with Crippen LogP contribution in [0.4, 0.5) is 0 Å². The summed E-state index contributed by atoms with van der Waals surface area (Å²) in [6.07, 6.45) is 8.06. The van der Waals surface area contributed by atoms with Crippen LogP contribution in [-0.4, -0.2) is 43.8 Å². The van der Waals surface area contributed by atoms with Gasteiger partial charge in [0.2, 0.25) is 0 Å². The fourth-order valence-electron chi connectivity index (χ4n) is 3.52. The molecular weight excluding hydrogens is 326 g/mol. The molecule has 0 saturated carbocycles. The second-order valence-electron chi connectivity index (χ2n) is 6.66. The third-order valence-corrected chi connectivity index (χ3v) is 4.79. The van der Waals surface area contributed by atoms with E-state index in [4.69, 9.17) is 0 Å². The van der Waals surface area contributed by atoms with E-state index >= 15 is 0 Å². The van der Waals surface area contributed by atoms with Gasteiger partial charge < -0.3 is 9.88 Å². The Hall–Kier alpha value is -3.02. The van der Waals surface area contributed by atoms with Crippen LogP contribution >= 0.6 is 0 Å². The SMILES string of the molecule is O=C(c1ccccc1)N1CCC[C@H](Cc2cc(-c3ncc[nH]3)ncn2)C1. The zero-order valence-corrected chi connectivity index (χ0v) is 14.5. The van der Waals surface area contributed by atoms with Crippen LogP contribution in [0.1, 0.15) is 28.9 Å². The van der Waals surface area contributed by atoms with E-state index in [2.05, 4.69) is 19.9 Å². The van der Waals surface area contributed by atoms with Crippen molar-refractivity contribution in [2.45, 2.75) is 19.3 Å². The van der Waals surface area contributed by atoms with E-state index in [0.717, 1.165) is 55.1 Å². The zero-order chi connectivity index (χ0) is 17.8. The van der Waals surface area contributed by atoms with Gasteiger partial charge in [-0.05, 0) is 43.4 Å². The van der Waals surface area contributed by atoms with Crippen molar-refractivity contribution in [2.24, 2.45) is 5.92 Å².